The Balaban J connectivity index is 1.51. The molecule has 0 amide bonds. The van der Waals surface area contributed by atoms with Crippen LogP contribution in [-0.4, -0.2) is 26.2 Å². The molecule has 1 fully saturated rings. The second-order valence-corrected chi connectivity index (χ2v) is 9.99. The summed E-state index contributed by atoms with van der Waals surface area (Å²) >= 11 is 0. The summed E-state index contributed by atoms with van der Waals surface area (Å²) < 4.78 is 0. The molecule has 5 aromatic carbocycles. The largest absolute Gasteiger partial charge is 0.368 e. The van der Waals surface area contributed by atoms with Gasteiger partial charge in [0.15, 0.2) is 0 Å². The minimum atomic E-state index is 0.700. The topological polar surface area (TPSA) is 30.3 Å². The van der Waals surface area contributed by atoms with Crippen LogP contribution in [-0.2, 0) is 6.42 Å². The van der Waals surface area contributed by atoms with Gasteiger partial charge in [0.25, 0.3) is 0 Å². The lowest BCUT2D eigenvalue weighted by Gasteiger charge is -2.38. The molecule has 0 N–H and O–H groups in total. The molecule has 39 heavy (non-hydrogen) atoms. The van der Waals surface area contributed by atoms with E-state index in [1.165, 1.54) is 22.4 Å². The highest BCUT2D eigenvalue weighted by Crippen LogP contribution is 2.42. The molecule has 1 aliphatic heterocycles. The summed E-state index contributed by atoms with van der Waals surface area (Å²) in [4.78, 5) is 4.84. The molecule has 0 atom stereocenters. The molecule has 190 valence electrons. The Kier molecular flexibility index (Phi) is 7.10. The van der Waals surface area contributed by atoms with E-state index in [0.717, 1.165) is 54.1 Å². The molecule has 3 nitrogen and oxygen atoms in total. The van der Waals surface area contributed by atoms with Crippen LogP contribution in [0.3, 0.4) is 0 Å². The average Bonchev–Trinajstić information content (AvgIpc) is 3.02. The number of hydrogen-bond donors (Lipinski definition) is 0. The third-order valence-electron chi connectivity index (χ3n) is 7.63. The number of anilines is 2. The number of piperazine rings is 1. The van der Waals surface area contributed by atoms with E-state index in [-0.39, 0.29) is 0 Å². The maximum Gasteiger partial charge on any atom is 0.102 e. The molecule has 5 aromatic rings. The smallest absolute Gasteiger partial charge is 0.102 e. The van der Waals surface area contributed by atoms with Crippen LogP contribution in [0.5, 0.6) is 0 Å². The van der Waals surface area contributed by atoms with Crippen molar-refractivity contribution in [3.8, 4) is 28.3 Å². The number of rotatable bonds is 6. The minimum absolute atomic E-state index is 0.700. The average molecular weight is 506 g/mol. The lowest BCUT2D eigenvalue weighted by atomic mass is 9.84. The quantitative estimate of drug-likeness (QED) is 0.236. The van der Waals surface area contributed by atoms with E-state index in [4.69, 9.17) is 0 Å². The Morgan fingerprint density at radius 1 is 0.590 bits per heavy atom. The summed E-state index contributed by atoms with van der Waals surface area (Å²) in [6.07, 6.45) is 0.700. The van der Waals surface area contributed by atoms with Gasteiger partial charge < -0.3 is 9.80 Å². The van der Waals surface area contributed by atoms with Gasteiger partial charge >= 0.3 is 0 Å². The van der Waals surface area contributed by atoms with E-state index in [0.29, 0.717) is 6.42 Å². The van der Waals surface area contributed by atoms with Gasteiger partial charge in [0.05, 0.1) is 11.3 Å². The maximum absolute atomic E-state index is 10.7. The van der Waals surface area contributed by atoms with Gasteiger partial charge in [-0.25, -0.2) is 0 Å². The molecule has 0 saturated carbocycles. The summed E-state index contributed by atoms with van der Waals surface area (Å²) in [7, 11) is 0. The molecular weight excluding hydrogens is 474 g/mol. The molecule has 1 aliphatic rings. The number of nitriles is 1. The Bertz CT molecular complexity index is 1570. The van der Waals surface area contributed by atoms with Crippen LogP contribution in [0, 0.1) is 11.3 Å². The van der Waals surface area contributed by atoms with Crippen molar-refractivity contribution in [3.63, 3.8) is 0 Å². The summed E-state index contributed by atoms with van der Waals surface area (Å²) in [5.41, 5.74) is 10.00. The molecule has 0 aromatic heterocycles. The second kappa shape index (κ2) is 11.3. The van der Waals surface area contributed by atoms with Crippen LogP contribution in [0.15, 0.2) is 127 Å². The number of nitrogens with zero attached hydrogens (tertiary/aromatic N) is 3. The highest BCUT2D eigenvalue weighted by molar-refractivity contribution is 5.91. The van der Waals surface area contributed by atoms with Crippen molar-refractivity contribution in [1.29, 1.82) is 5.26 Å². The summed E-state index contributed by atoms with van der Waals surface area (Å²) in [6.45, 7) is 3.58. The van der Waals surface area contributed by atoms with Crippen molar-refractivity contribution in [2.24, 2.45) is 0 Å². The van der Waals surface area contributed by atoms with Gasteiger partial charge in [0, 0.05) is 31.9 Å². The van der Waals surface area contributed by atoms with Crippen molar-refractivity contribution in [2.75, 3.05) is 36.0 Å². The predicted molar refractivity (Wildman–Crippen MR) is 162 cm³/mol. The molecule has 0 spiro atoms. The van der Waals surface area contributed by atoms with Crippen molar-refractivity contribution >= 4 is 11.4 Å². The lowest BCUT2D eigenvalue weighted by molar-refractivity contribution is 0.653. The number of hydrogen-bond acceptors (Lipinski definition) is 3. The van der Waals surface area contributed by atoms with E-state index in [2.05, 4.69) is 131 Å². The first-order chi connectivity index (χ1) is 19.3. The van der Waals surface area contributed by atoms with Crippen LogP contribution in [0.1, 0.15) is 16.7 Å². The van der Waals surface area contributed by atoms with E-state index in [1.807, 2.05) is 12.1 Å². The molecule has 0 unspecified atom stereocenters. The zero-order valence-electron chi connectivity index (χ0n) is 22.0. The van der Waals surface area contributed by atoms with E-state index < -0.39 is 0 Å². The van der Waals surface area contributed by atoms with Gasteiger partial charge in [-0.05, 0) is 58.0 Å². The standard InChI is InChI=1S/C36H31N3/c37-27-34-33(25-28-13-5-1-6-14-28)36(30-17-9-3-10-18-30)32(29-15-7-2-8-16-29)26-35(34)39-23-21-38(22-24-39)31-19-11-4-12-20-31/h1-20,26H,21-25H2. The maximum atomic E-state index is 10.7. The van der Waals surface area contributed by atoms with Gasteiger partial charge in [-0.3, -0.25) is 0 Å². The molecule has 6 rings (SSSR count). The molecule has 0 radical (unpaired) electrons. The van der Waals surface area contributed by atoms with Crippen molar-refractivity contribution < 1.29 is 0 Å². The Hall–Kier alpha value is -4.81. The normalized spacial score (nSPS) is 13.2. The molecule has 1 heterocycles. The number of para-hydroxylation sites is 1. The fraction of sp³-hybridized carbons (Fsp3) is 0.139. The van der Waals surface area contributed by atoms with Crippen LogP contribution in [0.25, 0.3) is 22.3 Å². The monoisotopic (exact) mass is 505 g/mol. The highest BCUT2D eigenvalue weighted by Gasteiger charge is 2.26. The summed E-state index contributed by atoms with van der Waals surface area (Å²) in [5.74, 6) is 0. The third-order valence-corrected chi connectivity index (χ3v) is 7.63. The number of benzene rings is 5. The molecule has 1 saturated heterocycles. The third kappa shape index (κ3) is 5.15. The predicted octanol–water partition coefficient (Wildman–Crippen LogP) is 7.81. The van der Waals surface area contributed by atoms with Gasteiger partial charge in [-0.2, -0.15) is 5.26 Å². The zero-order chi connectivity index (χ0) is 26.4. The van der Waals surface area contributed by atoms with Crippen molar-refractivity contribution in [1.82, 2.24) is 0 Å². The SMILES string of the molecule is N#Cc1c(N2CCN(c3ccccc3)CC2)cc(-c2ccccc2)c(-c2ccccc2)c1Cc1ccccc1. The van der Waals surface area contributed by atoms with Gasteiger partial charge in [-0.1, -0.05) is 109 Å². The van der Waals surface area contributed by atoms with E-state index >= 15 is 0 Å². The molecular formula is C36H31N3. The van der Waals surface area contributed by atoms with Crippen molar-refractivity contribution in [3.05, 3.63) is 144 Å². The fourth-order valence-electron chi connectivity index (χ4n) is 5.70. The zero-order valence-corrected chi connectivity index (χ0v) is 22.0. The highest BCUT2D eigenvalue weighted by atomic mass is 15.3. The first kappa shape index (κ1) is 24.5. The van der Waals surface area contributed by atoms with E-state index in [1.54, 1.807) is 0 Å². The van der Waals surface area contributed by atoms with Gasteiger partial charge in [-0.15, -0.1) is 0 Å². The van der Waals surface area contributed by atoms with Crippen LogP contribution in [0.2, 0.25) is 0 Å². The van der Waals surface area contributed by atoms with Crippen LogP contribution >= 0.6 is 0 Å². The summed E-state index contributed by atoms with van der Waals surface area (Å²) in [5, 5.41) is 10.7. The molecule has 3 heteroatoms. The Labute approximate surface area is 231 Å². The first-order valence-electron chi connectivity index (χ1n) is 13.6. The van der Waals surface area contributed by atoms with Gasteiger partial charge in [0.2, 0.25) is 0 Å². The Morgan fingerprint density at radius 2 is 1.10 bits per heavy atom. The lowest BCUT2D eigenvalue weighted by Crippen LogP contribution is -2.46. The van der Waals surface area contributed by atoms with Crippen LogP contribution in [0.4, 0.5) is 11.4 Å². The second-order valence-electron chi connectivity index (χ2n) is 9.99. The molecule has 0 bridgehead atoms. The van der Waals surface area contributed by atoms with E-state index in [9.17, 15) is 5.26 Å². The fourth-order valence-corrected chi connectivity index (χ4v) is 5.70. The van der Waals surface area contributed by atoms with Gasteiger partial charge in [0.1, 0.15) is 6.07 Å². The minimum Gasteiger partial charge on any atom is -0.368 e. The van der Waals surface area contributed by atoms with Crippen LogP contribution < -0.4 is 9.80 Å². The summed E-state index contributed by atoms with van der Waals surface area (Å²) in [6, 6.07) is 47.2. The first-order valence-corrected chi connectivity index (χ1v) is 13.6. The Morgan fingerprint density at radius 3 is 1.69 bits per heavy atom. The molecule has 0 aliphatic carbocycles. The van der Waals surface area contributed by atoms with Crippen molar-refractivity contribution in [2.45, 2.75) is 6.42 Å².